The minimum absolute atomic E-state index is 0.424. The van der Waals surface area contributed by atoms with E-state index in [1.807, 2.05) is 0 Å². The fourth-order valence-electron chi connectivity index (χ4n) is 1.35. The van der Waals surface area contributed by atoms with Crippen molar-refractivity contribution in [1.82, 2.24) is 0 Å². The van der Waals surface area contributed by atoms with Crippen molar-refractivity contribution in [3.63, 3.8) is 0 Å². The molecule has 19 heavy (non-hydrogen) atoms. The van der Waals surface area contributed by atoms with Gasteiger partial charge in [-0.15, -0.1) is 10.0 Å². The fraction of sp³-hybridized carbons (Fsp3) is 0. The Balaban J connectivity index is 2.22. The highest BCUT2D eigenvalue weighted by molar-refractivity contribution is 6.31. The Bertz CT molecular complexity index is 618. The molecule has 0 heterocycles. The first-order valence-electron chi connectivity index (χ1n) is 5.25. The van der Waals surface area contributed by atoms with Crippen molar-refractivity contribution in [2.24, 2.45) is 15.6 Å². The number of benzene rings is 2. The van der Waals surface area contributed by atoms with Gasteiger partial charge in [0, 0.05) is 10.0 Å². The van der Waals surface area contributed by atoms with Crippen molar-refractivity contribution in [3.8, 4) is 0 Å². The van der Waals surface area contributed by atoms with Crippen LogP contribution < -0.4 is 5.12 Å². The van der Waals surface area contributed by atoms with E-state index in [1.165, 1.54) is 0 Å². The summed E-state index contributed by atoms with van der Waals surface area (Å²) in [6.45, 7) is 0. The van der Waals surface area contributed by atoms with Gasteiger partial charge >= 0.3 is 0 Å². The molecule has 0 unspecified atom stereocenters. The molecule has 0 N–H and O–H groups in total. The van der Waals surface area contributed by atoms with Crippen LogP contribution in [-0.2, 0) is 0 Å². The number of nitroso groups, excluding NO2 is 1. The summed E-state index contributed by atoms with van der Waals surface area (Å²) in [4.78, 5) is 10.8. The van der Waals surface area contributed by atoms with Gasteiger partial charge in [-0.3, -0.25) is 0 Å². The van der Waals surface area contributed by atoms with E-state index in [2.05, 4.69) is 15.6 Å². The topological polar surface area (TPSA) is 57.4 Å². The van der Waals surface area contributed by atoms with Crippen LogP contribution in [0.3, 0.4) is 0 Å². The highest BCUT2D eigenvalue weighted by Gasteiger charge is 2.05. The Kier molecular flexibility index (Phi) is 4.43. The summed E-state index contributed by atoms with van der Waals surface area (Å²) < 4.78 is 0. The Labute approximate surface area is 119 Å². The number of hydrogen-bond acceptors (Lipinski definition) is 4. The van der Waals surface area contributed by atoms with Crippen molar-refractivity contribution in [3.05, 3.63) is 63.5 Å². The van der Waals surface area contributed by atoms with Gasteiger partial charge in [-0.1, -0.05) is 40.5 Å². The summed E-state index contributed by atoms with van der Waals surface area (Å²) in [5.74, 6) is 0. The van der Waals surface area contributed by atoms with Gasteiger partial charge in [-0.25, -0.2) is 0 Å². The molecule has 0 aliphatic rings. The van der Waals surface area contributed by atoms with Gasteiger partial charge in [0.25, 0.3) is 0 Å². The van der Waals surface area contributed by atoms with Crippen LogP contribution in [0.4, 0.5) is 11.4 Å². The summed E-state index contributed by atoms with van der Waals surface area (Å²) in [5.41, 5.74) is 0.941. The summed E-state index contributed by atoms with van der Waals surface area (Å²) in [5, 5.41) is 12.2. The number of anilines is 1. The third kappa shape index (κ3) is 3.74. The average molecular weight is 295 g/mol. The third-order valence-electron chi connectivity index (χ3n) is 2.17. The predicted molar refractivity (Wildman–Crippen MR) is 75.7 cm³/mol. The first-order valence-corrected chi connectivity index (χ1v) is 6.01. The van der Waals surface area contributed by atoms with Gasteiger partial charge in [-0.05, 0) is 41.6 Å². The van der Waals surface area contributed by atoms with E-state index in [9.17, 15) is 4.91 Å². The zero-order valence-corrected chi connectivity index (χ0v) is 11.1. The molecule has 2 rings (SSSR count). The second kappa shape index (κ2) is 6.26. The van der Waals surface area contributed by atoms with E-state index in [-0.39, 0.29) is 0 Å². The lowest BCUT2D eigenvalue weighted by Gasteiger charge is -2.06. The first-order chi connectivity index (χ1) is 9.19. The van der Waals surface area contributed by atoms with E-state index >= 15 is 0 Å². The van der Waals surface area contributed by atoms with Crippen LogP contribution in [0, 0.1) is 4.91 Å². The van der Waals surface area contributed by atoms with Crippen molar-refractivity contribution >= 4 is 34.6 Å². The molecule has 2 aromatic rings. The zero-order valence-electron chi connectivity index (χ0n) is 9.57. The van der Waals surface area contributed by atoms with Gasteiger partial charge in [-0.2, -0.15) is 0 Å². The smallest absolute Gasteiger partial charge is 0.0922 e. The quantitative estimate of drug-likeness (QED) is 0.443. The molecule has 2 aromatic carbocycles. The van der Waals surface area contributed by atoms with Crippen LogP contribution in [0.1, 0.15) is 0 Å². The summed E-state index contributed by atoms with van der Waals surface area (Å²) in [7, 11) is 0. The van der Waals surface area contributed by atoms with Crippen molar-refractivity contribution in [1.29, 1.82) is 0 Å². The van der Waals surface area contributed by atoms with Crippen LogP contribution in [0.25, 0.3) is 0 Å². The largest absolute Gasteiger partial charge is 0.131 e. The van der Waals surface area contributed by atoms with Gasteiger partial charge in [0.2, 0.25) is 0 Å². The molecular weight excluding hydrogens is 287 g/mol. The third-order valence-corrected chi connectivity index (χ3v) is 2.64. The molecule has 0 amide bonds. The van der Waals surface area contributed by atoms with E-state index in [0.717, 1.165) is 5.12 Å². The minimum Gasteiger partial charge on any atom is -0.131 e. The van der Waals surface area contributed by atoms with Crippen molar-refractivity contribution in [2.45, 2.75) is 0 Å². The van der Waals surface area contributed by atoms with E-state index < -0.39 is 0 Å². The molecule has 0 bridgehead atoms. The minimum atomic E-state index is 0.424. The van der Waals surface area contributed by atoms with Crippen LogP contribution in [0.5, 0.6) is 0 Å². The monoisotopic (exact) mass is 294 g/mol. The second-order valence-electron chi connectivity index (χ2n) is 3.52. The number of hydrogen-bond donors (Lipinski definition) is 0. The Morgan fingerprint density at radius 2 is 1.63 bits per heavy atom. The molecule has 0 aliphatic carbocycles. The zero-order chi connectivity index (χ0) is 13.7. The van der Waals surface area contributed by atoms with E-state index in [4.69, 9.17) is 23.2 Å². The molecule has 7 heteroatoms. The Hall–Kier alpha value is -1.98. The molecule has 0 atom stereocenters. The Morgan fingerprint density at radius 1 is 0.947 bits per heavy atom. The normalized spacial score (nSPS) is 10.6. The maximum absolute atomic E-state index is 10.8. The number of rotatable bonds is 4. The lowest BCUT2D eigenvalue weighted by molar-refractivity contribution is 0.850. The number of nitrogens with zero attached hydrogens (tertiary/aromatic N) is 4. The molecular formula is C12H8Cl2N4O. The lowest BCUT2D eigenvalue weighted by atomic mass is 10.3. The SMILES string of the molecule is O=NN(N=Nc1cccc(Cl)c1)c1cccc(Cl)c1. The van der Waals surface area contributed by atoms with E-state index in [1.54, 1.807) is 48.5 Å². The maximum Gasteiger partial charge on any atom is 0.0922 e. The summed E-state index contributed by atoms with van der Waals surface area (Å²) in [6, 6.07) is 13.3. The molecule has 0 aliphatic heterocycles. The van der Waals surface area contributed by atoms with Gasteiger partial charge < -0.3 is 0 Å². The summed E-state index contributed by atoms with van der Waals surface area (Å²) in [6.07, 6.45) is 0. The van der Waals surface area contributed by atoms with E-state index in [0.29, 0.717) is 21.4 Å². The lowest BCUT2D eigenvalue weighted by Crippen LogP contribution is -2.04. The molecule has 96 valence electrons. The highest BCUT2D eigenvalue weighted by Crippen LogP contribution is 2.22. The molecule has 5 nitrogen and oxygen atoms in total. The van der Waals surface area contributed by atoms with Crippen LogP contribution in [-0.4, -0.2) is 0 Å². The van der Waals surface area contributed by atoms with Crippen LogP contribution in [0.2, 0.25) is 10.0 Å². The number of halogens is 2. The maximum atomic E-state index is 10.8. The molecule has 0 saturated carbocycles. The standard InChI is InChI=1S/C12H8Cl2N4O/c13-9-3-1-5-11(7-9)15-16-18(17-19)12-6-2-4-10(14)8-12/h1-8H. The van der Waals surface area contributed by atoms with Gasteiger partial charge in [0.1, 0.15) is 0 Å². The molecule has 0 spiro atoms. The van der Waals surface area contributed by atoms with Gasteiger partial charge in [0.05, 0.1) is 16.7 Å². The van der Waals surface area contributed by atoms with Gasteiger partial charge in [0.15, 0.2) is 0 Å². The fourth-order valence-corrected chi connectivity index (χ4v) is 1.72. The summed E-state index contributed by atoms with van der Waals surface area (Å²) >= 11 is 11.6. The highest BCUT2D eigenvalue weighted by atomic mass is 35.5. The van der Waals surface area contributed by atoms with Crippen molar-refractivity contribution in [2.75, 3.05) is 5.12 Å². The van der Waals surface area contributed by atoms with Crippen LogP contribution in [0.15, 0.2) is 64.2 Å². The molecule has 0 fully saturated rings. The Morgan fingerprint density at radius 3 is 2.26 bits per heavy atom. The molecule has 0 saturated heterocycles. The average Bonchev–Trinajstić information content (AvgIpc) is 2.40. The van der Waals surface area contributed by atoms with Crippen molar-refractivity contribution < 1.29 is 0 Å². The predicted octanol–water partition coefficient (Wildman–Crippen LogP) is 5.18. The second-order valence-corrected chi connectivity index (χ2v) is 4.39. The van der Waals surface area contributed by atoms with Crippen LogP contribution >= 0.6 is 23.2 Å². The molecule has 0 aromatic heterocycles. The first kappa shape index (κ1) is 13.5. The molecule has 0 radical (unpaired) electrons.